The highest BCUT2D eigenvalue weighted by Crippen LogP contribution is 2.14. The lowest BCUT2D eigenvalue weighted by atomic mass is 10.2. The van der Waals surface area contributed by atoms with Gasteiger partial charge < -0.3 is 10.2 Å². The Balaban J connectivity index is 1.98. The first-order valence-corrected chi connectivity index (χ1v) is 8.30. The van der Waals surface area contributed by atoms with E-state index in [4.69, 9.17) is 0 Å². The Bertz CT molecular complexity index is 530. The fraction of sp³-hybridized carbons (Fsp3) is 0.615. The van der Waals surface area contributed by atoms with Crippen LogP contribution in [0.3, 0.4) is 0 Å². The molecule has 0 spiro atoms. The van der Waals surface area contributed by atoms with Gasteiger partial charge in [0, 0.05) is 25.3 Å². The van der Waals surface area contributed by atoms with Crippen molar-refractivity contribution in [2.24, 2.45) is 0 Å². The van der Waals surface area contributed by atoms with Gasteiger partial charge in [0.2, 0.25) is 0 Å². The van der Waals surface area contributed by atoms with Crippen LogP contribution >= 0.6 is 0 Å². The van der Waals surface area contributed by atoms with E-state index in [9.17, 15) is 8.42 Å². The fourth-order valence-electron chi connectivity index (χ4n) is 2.40. The molecule has 2 N–H and O–H groups in total. The molecule has 1 aliphatic heterocycles. The van der Waals surface area contributed by atoms with Crippen molar-refractivity contribution in [3.8, 4) is 0 Å². The Hall–Kier alpha value is -1.02. The van der Waals surface area contributed by atoms with Crippen LogP contribution in [0.15, 0.2) is 23.4 Å². The molecule has 1 aromatic heterocycles. The highest BCUT2D eigenvalue weighted by molar-refractivity contribution is 7.89. The SMILES string of the molecule is CNCc1ccc(S(=O)(=O)NCC2CCCN2C)nc1. The molecule has 1 saturated heterocycles. The van der Waals surface area contributed by atoms with E-state index in [1.165, 1.54) is 0 Å². The van der Waals surface area contributed by atoms with Gasteiger partial charge in [0.15, 0.2) is 5.03 Å². The van der Waals surface area contributed by atoms with E-state index in [2.05, 4.69) is 19.9 Å². The number of likely N-dealkylation sites (N-methyl/N-ethyl adjacent to an activating group) is 1. The zero-order chi connectivity index (χ0) is 14.6. The molecular weight excluding hydrogens is 276 g/mol. The quantitative estimate of drug-likeness (QED) is 0.783. The lowest BCUT2D eigenvalue weighted by Crippen LogP contribution is -2.38. The molecule has 1 aliphatic rings. The zero-order valence-corrected chi connectivity index (χ0v) is 12.8. The van der Waals surface area contributed by atoms with E-state index in [1.54, 1.807) is 18.3 Å². The van der Waals surface area contributed by atoms with E-state index < -0.39 is 10.0 Å². The predicted molar refractivity (Wildman–Crippen MR) is 77.8 cm³/mol. The normalized spacial score (nSPS) is 20.4. The maximum Gasteiger partial charge on any atom is 0.258 e. The van der Waals surface area contributed by atoms with Gasteiger partial charge in [-0.15, -0.1) is 0 Å². The molecule has 0 bridgehead atoms. The molecule has 1 atom stereocenters. The summed E-state index contributed by atoms with van der Waals surface area (Å²) in [4.78, 5) is 6.22. The molecule has 112 valence electrons. The maximum absolute atomic E-state index is 12.2. The van der Waals surface area contributed by atoms with Crippen molar-refractivity contribution >= 4 is 10.0 Å². The van der Waals surface area contributed by atoms with Crippen LogP contribution in [-0.2, 0) is 16.6 Å². The van der Waals surface area contributed by atoms with Gasteiger partial charge in [-0.1, -0.05) is 6.07 Å². The van der Waals surface area contributed by atoms with Crippen LogP contribution in [0, 0.1) is 0 Å². The van der Waals surface area contributed by atoms with Gasteiger partial charge >= 0.3 is 0 Å². The summed E-state index contributed by atoms with van der Waals surface area (Å²) in [5.74, 6) is 0. The summed E-state index contributed by atoms with van der Waals surface area (Å²) in [6.45, 7) is 2.15. The number of sulfonamides is 1. The predicted octanol–water partition coefficient (Wildman–Crippen LogP) is 0.174. The van der Waals surface area contributed by atoms with E-state index in [-0.39, 0.29) is 11.1 Å². The third-order valence-electron chi connectivity index (χ3n) is 3.63. The minimum absolute atomic E-state index is 0.0815. The molecule has 1 unspecified atom stereocenters. The smallest absolute Gasteiger partial charge is 0.258 e. The Labute approximate surface area is 120 Å². The molecular formula is C13H22N4O2S. The van der Waals surface area contributed by atoms with Crippen molar-refractivity contribution < 1.29 is 8.42 Å². The molecule has 0 aliphatic carbocycles. The van der Waals surface area contributed by atoms with E-state index >= 15 is 0 Å². The van der Waals surface area contributed by atoms with Gasteiger partial charge in [-0.05, 0) is 45.1 Å². The van der Waals surface area contributed by atoms with Crippen LogP contribution in [-0.4, -0.2) is 51.5 Å². The van der Waals surface area contributed by atoms with Gasteiger partial charge in [-0.3, -0.25) is 0 Å². The molecule has 20 heavy (non-hydrogen) atoms. The molecule has 2 rings (SSSR count). The molecule has 1 fully saturated rings. The minimum atomic E-state index is -3.51. The van der Waals surface area contributed by atoms with E-state index in [0.717, 1.165) is 24.9 Å². The van der Waals surface area contributed by atoms with Crippen molar-refractivity contribution in [3.63, 3.8) is 0 Å². The number of hydrogen-bond acceptors (Lipinski definition) is 5. The Morgan fingerprint density at radius 3 is 2.80 bits per heavy atom. The van der Waals surface area contributed by atoms with Gasteiger partial charge in [-0.25, -0.2) is 18.1 Å². The summed E-state index contributed by atoms with van der Waals surface area (Å²) < 4.78 is 27.0. The van der Waals surface area contributed by atoms with Crippen molar-refractivity contribution in [1.82, 2.24) is 19.9 Å². The number of aromatic nitrogens is 1. The van der Waals surface area contributed by atoms with Crippen LogP contribution in [0.25, 0.3) is 0 Å². The second-order valence-electron chi connectivity index (χ2n) is 5.16. The number of rotatable bonds is 6. The largest absolute Gasteiger partial charge is 0.316 e. The lowest BCUT2D eigenvalue weighted by molar-refractivity contribution is 0.310. The summed E-state index contributed by atoms with van der Waals surface area (Å²) in [5, 5.41) is 3.08. The molecule has 2 heterocycles. The monoisotopic (exact) mass is 298 g/mol. The van der Waals surface area contributed by atoms with Crippen molar-refractivity contribution in [2.45, 2.75) is 30.5 Å². The Kier molecular flexibility index (Phi) is 5.09. The second kappa shape index (κ2) is 6.62. The summed E-state index contributed by atoms with van der Waals surface area (Å²) in [6, 6.07) is 3.61. The van der Waals surface area contributed by atoms with Gasteiger partial charge in [0.05, 0.1) is 0 Å². The topological polar surface area (TPSA) is 74.3 Å². The number of likely N-dealkylation sites (tertiary alicyclic amines) is 1. The third-order valence-corrected chi connectivity index (χ3v) is 4.97. The maximum atomic E-state index is 12.2. The van der Waals surface area contributed by atoms with Crippen LogP contribution in [0.5, 0.6) is 0 Å². The van der Waals surface area contributed by atoms with Gasteiger partial charge in [-0.2, -0.15) is 0 Å². The van der Waals surface area contributed by atoms with E-state index in [0.29, 0.717) is 13.1 Å². The molecule has 0 radical (unpaired) electrons. The van der Waals surface area contributed by atoms with Crippen LogP contribution in [0.2, 0.25) is 0 Å². The molecule has 0 aromatic carbocycles. The van der Waals surface area contributed by atoms with Crippen molar-refractivity contribution in [2.75, 3.05) is 27.2 Å². The fourth-order valence-corrected chi connectivity index (χ4v) is 3.39. The van der Waals surface area contributed by atoms with Gasteiger partial charge in [0.25, 0.3) is 10.0 Å². The third kappa shape index (κ3) is 3.76. The van der Waals surface area contributed by atoms with Crippen LogP contribution in [0.1, 0.15) is 18.4 Å². The summed E-state index contributed by atoms with van der Waals surface area (Å²) in [5.41, 5.74) is 0.960. The standard InChI is InChI=1S/C13H22N4O2S/c1-14-8-11-5-6-13(15-9-11)20(18,19)16-10-12-4-3-7-17(12)2/h5-6,9,12,14,16H,3-4,7-8,10H2,1-2H3. The summed E-state index contributed by atoms with van der Waals surface area (Å²) in [7, 11) is 0.351. The number of pyridine rings is 1. The summed E-state index contributed by atoms with van der Waals surface area (Å²) in [6.07, 6.45) is 3.75. The molecule has 6 nitrogen and oxygen atoms in total. The average molecular weight is 298 g/mol. The highest BCUT2D eigenvalue weighted by atomic mass is 32.2. The number of nitrogens with one attached hydrogen (secondary N) is 2. The van der Waals surface area contributed by atoms with Crippen molar-refractivity contribution in [1.29, 1.82) is 0 Å². The van der Waals surface area contributed by atoms with Crippen LogP contribution in [0.4, 0.5) is 0 Å². The molecule has 1 aromatic rings. The molecule has 0 amide bonds. The second-order valence-corrected chi connectivity index (χ2v) is 6.88. The summed E-state index contributed by atoms with van der Waals surface area (Å²) >= 11 is 0. The zero-order valence-electron chi connectivity index (χ0n) is 12.0. The Morgan fingerprint density at radius 1 is 1.45 bits per heavy atom. The number of hydrogen-bond donors (Lipinski definition) is 2. The number of nitrogens with zero attached hydrogens (tertiary/aromatic N) is 2. The van der Waals surface area contributed by atoms with E-state index in [1.807, 2.05) is 14.1 Å². The highest BCUT2D eigenvalue weighted by Gasteiger charge is 2.23. The first-order chi connectivity index (χ1) is 9.53. The van der Waals surface area contributed by atoms with Crippen LogP contribution < -0.4 is 10.0 Å². The lowest BCUT2D eigenvalue weighted by Gasteiger charge is -2.19. The minimum Gasteiger partial charge on any atom is -0.316 e. The van der Waals surface area contributed by atoms with Gasteiger partial charge in [0.1, 0.15) is 0 Å². The molecule has 7 heteroatoms. The molecule has 0 saturated carbocycles. The first-order valence-electron chi connectivity index (χ1n) is 6.82. The van der Waals surface area contributed by atoms with Crippen molar-refractivity contribution in [3.05, 3.63) is 23.9 Å². The average Bonchev–Trinajstić information content (AvgIpc) is 2.83. The first kappa shape index (κ1) is 15.4. The Morgan fingerprint density at radius 2 is 2.25 bits per heavy atom.